The molecule has 120 valence electrons. The fraction of sp³-hybridized carbons (Fsp3) is 0.176. The van der Waals surface area contributed by atoms with E-state index in [1.807, 2.05) is 6.07 Å². The number of nitrogen functional groups attached to an aromatic ring is 1. The highest BCUT2D eigenvalue weighted by Crippen LogP contribution is 2.19. The number of hydrogen-bond donors (Lipinski definition) is 2. The van der Waals surface area contributed by atoms with Crippen LogP contribution in [0.3, 0.4) is 0 Å². The lowest BCUT2D eigenvalue weighted by Gasteiger charge is -2.15. The molecule has 0 bridgehead atoms. The van der Waals surface area contributed by atoms with Crippen LogP contribution in [0.1, 0.15) is 22.8 Å². The molecule has 0 spiro atoms. The Kier molecular flexibility index (Phi) is 5.39. The molecular weight excluding hydrogens is 360 g/mol. The highest BCUT2D eigenvalue weighted by molar-refractivity contribution is 9.10. The number of halogens is 1. The van der Waals surface area contributed by atoms with E-state index in [-0.39, 0.29) is 5.56 Å². The van der Waals surface area contributed by atoms with Gasteiger partial charge in [-0.05, 0) is 43.7 Å². The summed E-state index contributed by atoms with van der Waals surface area (Å²) < 4.78 is 6.03. The Hall–Kier alpha value is -2.34. The van der Waals surface area contributed by atoms with Gasteiger partial charge in [0, 0.05) is 15.8 Å². The molecule has 2 aromatic rings. The fourth-order valence-electron chi connectivity index (χ4n) is 1.95. The molecule has 0 saturated carbocycles. The lowest BCUT2D eigenvalue weighted by atomic mass is 10.1. The number of anilines is 2. The predicted molar refractivity (Wildman–Crippen MR) is 93.2 cm³/mol. The molecule has 0 aliphatic heterocycles. The van der Waals surface area contributed by atoms with Crippen molar-refractivity contribution < 1.29 is 14.3 Å². The molecule has 6 heteroatoms. The molecule has 0 unspecified atom stereocenters. The molecule has 3 N–H and O–H groups in total. The van der Waals surface area contributed by atoms with Crippen LogP contribution in [0.2, 0.25) is 0 Å². The van der Waals surface area contributed by atoms with Gasteiger partial charge in [-0.1, -0.05) is 34.1 Å². The average Bonchev–Trinajstić information content (AvgIpc) is 2.49. The minimum atomic E-state index is -0.943. The van der Waals surface area contributed by atoms with Crippen molar-refractivity contribution in [3.63, 3.8) is 0 Å². The Labute approximate surface area is 143 Å². The van der Waals surface area contributed by atoms with Crippen molar-refractivity contribution in [1.29, 1.82) is 0 Å². The molecule has 0 radical (unpaired) electrons. The minimum absolute atomic E-state index is 0.257. The van der Waals surface area contributed by atoms with Gasteiger partial charge in [-0.25, -0.2) is 4.79 Å². The van der Waals surface area contributed by atoms with Crippen LogP contribution in [-0.4, -0.2) is 18.0 Å². The topological polar surface area (TPSA) is 81.4 Å². The summed E-state index contributed by atoms with van der Waals surface area (Å²) in [4.78, 5) is 24.3. The third-order valence-electron chi connectivity index (χ3n) is 3.29. The van der Waals surface area contributed by atoms with Crippen molar-refractivity contribution in [2.45, 2.75) is 20.0 Å². The predicted octanol–water partition coefficient (Wildman–Crippen LogP) is 3.52. The van der Waals surface area contributed by atoms with Gasteiger partial charge in [-0.3, -0.25) is 4.79 Å². The summed E-state index contributed by atoms with van der Waals surface area (Å²) in [6.45, 7) is 3.31. The third-order valence-corrected chi connectivity index (χ3v) is 3.78. The summed E-state index contributed by atoms with van der Waals surface area (Å²) in [7, 11) is 0. The zero-order chi connectivity index (χ0) is 17.0. The largest absolute Gasteiger partial charge is 0.449 e. The number of amides is 1. The van der Waals surface area contributed by atoms with Crippen LogP contribution < -0.4 is 11.1 Å². The van der Waals surface area contributed by atoms with Crippen LogP contribution in [0.25, 0.3) is 0 Å². The van der Waals surface area contributed by atoms with Crippen LogP contribution in [0.5, 0.6) is 0 Å². The Morgan fingerprint density at radius 3 is 2.61 bits per heavy atom. The van der Waals surface area contributed by atoms with Crippen LogP contribution in [0.15, 0.2) is 46.9 Å². The highest BCUT2D eigenvalue weighted by Gasteiger charge is 2.20. The number of nitrogens with one attached hydrogen (secondary N) is 1. The maximum absolute atomic E-state index is 12.1. The molecule has 0 aliphatic rings. The summed E-state index contributed by atoms with van der Waals surface area (Å²) in [5, 5.41) is 2.69. The minimum Gasteiger partial charge on any atom is -0.449 e. The van der Waals surface area contributed by atoms with Gasteiger partial charge in [0.05, 0.1) is 5.56 Å². The van der Waals surface area contributed by atoms with Gasteiger partial charge in [-0.2, -0.15) is 0 Å². The van der Waals surface area contributed by atoms with Crippen LogP contribution in [0, 0.1) is 6.92 Å². The second kappa shape index (κ2) is 7.28. The van der Waals surface area contributed by atoms with Gasteiger partial charge < -0.3 is 15.8 Å². The number of nitrogens with two attached hydrogens (primary N) is 1. The standard InChI is InChI=1S/C17H17BrN2O3/c1-10-5-3-8-14(15(10)19)17(22)23-11(2)16(21)20-13-7-4-6-12(18)9-13/h3-9,11H,19H2,1-2H3,(H,20,21)/t11-/m1/s1. The Bertz CT molecular complexity index is 746. The average molecular weight is 377 g/mol. The number of carbonyl (C=O) groups is 2. The number of hydrogen-bond acceptors (Lipinski definition) is 4. The molecule has 0 fully saturated rings. The second-order valence-electron chi connectivity index (χ2n) is 5.08. The maximum atomic E-state index is 12.1. The molecule has 2 aromatic carbocycles. The van der Waals surface area contributed by atoms with E-state index in [0.717, 1.165) is 10.0 Å². The zero-order valence-corrected chi connectivity index (χ0v) is 14.4. The molecule has 2 rings (SSSR count). The third kappa shape index (κ3) is 4.32. The first-order chi connectivity index (χ1) is 10.9. The SMILES string of the molecule is Cc1cccc(C(=O)O[C@H](C)C(=O)Nc2cccc(Br)c2)c1N. The van der Waals surface area contributed by atoms with E-state index in [4.69, 9.17) is 10.5 Å². The van der Waals surface area contributed by atoms with Crippen LogP contribution in [0.4, 0.5) is 11.4 Å². The summed E-state index contributed by atoms with van der Waals surface area (Å²) in [5.74, 6) is -1.04. The zero-order valence-electron chi connectivity index (χ0n) is 12.8. The van der Waals surface area contributed by atoms with E-state index in [1.54, 1.807) is 43.3 Å². The molecule has 0 heterocycles. The van der Waals surface area contributed by atoms with Gasteiger partial charge in [0.15, 0.2) is 6.10 Å². The molecule has 0 aromatic heterocycles. The number of benzene rings is 2. The van der Waals surface area contributed by atoms with E-state index in [2.05, 4.69) is 21.2 Å². The van der Waals surface area contributed by atoms with Crippen molar-refractivity contribution in [2.75, 3.05) is 11.1 Å². The fourth-order valence-corrected chi connectivity index (χ4v) is 2.35. The number of esters is 1. The van der Waals surface area contributed by atoms with Gasteiger partial charge in [0.1, 0.15) is 0 Å². The van der Waals surface area contributed by atoms with Crippen molar-refractivity contribution in [1.82, 2.24) is 0 Å². The summed E-state index contributed by atoms with van der Waals surface area (Å²) in [6, 6.07) is 12.2. The maximum Gasteiger partial charge on any atom is 0.341 e. The Morgan fingerprint density at radius 1 is 1.22 bits per heavy atom. The van der Waals surface area contributed by atoms with Gasteiger partial charge in [0.2, 0.25) is 0 Å². The summed E-state index contributed by atoms with van der Waals surface area (Å²) in [5.41, 5.74) is 7.88. The smallest absolute Gasteiger partial charge is 0.341 e. The number of aryl methyl sites for hydroxylation is 1. The normalized spacial score (nSPS) is 11.6. The van der Waals surface area contributed by atoms with E-state index in [0.29, 0.717) is 11.4 Å². The first kappa shape index (κ1) is 17.0. The quantitative estimate of drug-likeness (QED) is 0.631. The molecule has 23 heavy (non-hydrogen) atoms. The Morgan fingerprint density at radius 2 is 1.91 bits per heavy atom. The van der Waals surface area contributed by atoms with Gasteiger partial charge in [-0.15, -0.1) is 0 Å². The van der Waals surface area contributed by atoms with Crippen LogP contribution in [-0.2, 0) is 9.53 Å². The first-order valence-corrected chi connectivity index (χ1v) is 7.80. The van der Waals surface area contributed by atoms with E-state index in [9.17, 15) is 9.59 Å². The lowest BCUT2D eigenvalue weighted by Crippen LogP contribution is -2.30. The van der Waals surface area contributed by atoms with E-state index >= 15 is 0 Å². The van der Waals surface area contributed by atoms with Crippen molar-refractivity contribution in [2.24, 2.45) is 0 Å². The highest BCUT2D eigenvalue weighted by atomic mass is 79.9. The van der Waals surface area contributed by atoms with Gasteiger partial charge in [0.25, 0.3) is 5.91 Å². The monoisotopic (exact) mass is 376 g/mol. The molecule has 1 atom stereocenters. The van der Waals surface area contributed by atoms with E-state index in [1.165, 1.54) is 6.92 Å². The van der Waals surface area contributed by atoms with E-state index < -0.39 is 18.0 Å². The Balaban J connectivity index is 2.03. The lowest BCUT2D eigenvalue weighted by molar-refractivity contribution is -0.123. The van der Waals surface area contributed by atoms with Crippen molar-refractivity contribution >= 4 is 39.2 Å². The number of carbonyl (C=O) groups excluding carboxylic acids is 2. The first-order valence-electron chi connectivity index (χ1n) is 7.01. The second-order valence-corrected chi connectivity index (χ2v) is 6.00. The summed E-state index contributed by atoms with van der Waals surface area (Å²) >= 11 is 3.32. The molecule has 0 aliphatic carbocycles. The number of para-hydroxylation sites is 1. The summed E-state index contributed by atoms with van der Waals surface area (Å²) in [6.07, 6.45) is -0.943. The van der Waals surface area contributed by atoms with Crippen molar-refractivity contribution in [3.05, 3.63) is 58.1 Å². The van der Waals surface area contributed by atoms with Gasteiger partial charge >= 0.3 is 5.97 Å². The van der Waals surface area contributed by atoms with Crippen molar-refractivity contribution in [3.8, 4) is 0 Å². The molecular formula is C17H17BrN2O3. The molecule has 0 saturated heterocycles. The molecule has 5 nitrogen and oxygen atoms in total. The number of ether oxygens (including phenoxy) is 1. The number of rotatable bonds is 4. The molecule has 1 amide bonds. The van der Waals surface area contributed by atoms with Crippen LogP contribution >= 0.6 is 15.9 Å².